The van der Waals surface area contributed by atoms with Crippen LogP contribution in [0.2, 0.25) is 0 Å². The number of nitrogens with zero attached hydrogens (tertiary/aromatic N) is 2. The third-order valence-corrected chi connectivity index (χ3v) is 4.38. The molecule has 3 rings (SSSR count). The number of carbonyl (C=O) groups is 1. The Morgan fingerprint density at radius 3 is 2.57 bits per heavy atom. The standard InChI is InChI=1S/C19H18F4N4O/c1-10-5-15(3-4-16(10)18(24)28)27-11(2)25-17(26-27)8-12-6-13(19(21,22)23)9-14(20)7-12/h3-7,9,11H,8H2,1-2H3,(H2,24,28)(H,25,26). The Hall–Kier alpha value is -3.10. The summed E-state index contributed by atoms with van der Waals surface area (Å²) in [5.74, 6) is -1.08. The molecule has 148 valence electrons. The van der Waals surface area contributed by atoms with Crippen LogP contribution in [0.25, 0.3) is 0 Å². The normalized spacial score (nSPS) is 16.7. The van der Waals surface area contributed by atoms with Crippen LogP contribution < -0.4 is 16.2 Å². The summed E-state index contributed by atoms with van der Waals surface area (Å²) in [5.41, 5.74) is 9.25. The van der Waals surface area contributed by atoms with Crippen LogP contribution in [0.4, 0.5) is 23.2 Å². The van der Waals surface area contributed by atoms with Gasteiger partial charge in [0.1, 0.15) is 17.8 Å². The van der Waals surface area contributed by atoms with E-state index in [2.05, 4.69) is 10.4 Å². The number of aryl methyl sites for hydroxylation is 1. The molecule has 1 aliphatic heterocycles. The van der Waals surface area contributed by atoms with E-state index < -0.39 is 23.5 Å². The predicted octanol–water partition coefficient (Wildman–Crippen LogP) is 3.56. The van der Waals surface area contributed by atoms with Crippen molar-refractivity contribution in [1.29, 1.82) is 0 Å². The average Bonchev–Trinajstić information content (AvgIpc) is 2.93. The molecule has 28 heavy (non-hydrogen) atoms. The average molecular weight is 394 g/mol. The number of carbonyl (C=O) groups excluding carboxylic acids is 1. The highest BCUT2D eigenvalue weighted by Gasteiger charge is 2.32. The first-order valence-corrected chi connectivity index (χ1v) is 8.44. The van der Waals surface area contributed by atoms with E-state index in [1.54, 1.807) is 37.1 Å². The molecule has 0 saturated heterocycles. The van der Waals surface area contributed by atoms with E-state index in [-0.39, 0.29) is 18.2 Å². The zero-order chi connectivity index (χ0) is 20.6. The molecule has 0 radical (unpaired) electrons. The molecule has 1 atom stereocenters. The van der Waals surface area contributed by atoms with Crippen molar-refractivity contribution in [3.63, 3.8) is 0 Å². The number of rotatable bonds is 4. The highest BCUT2D eigenvalue weighted by molar-refractivity contribution is 5.95. The zero-order valence-electron chi connectivity index (χ0n) is 15.1. The van der Waals surface area contributed by atoms with Crippen molar-refractivity contribution in [2.45, 2.75) is 32.6 Å². The van der Waals surface area contributed by atoms with Crippen LogP contribution in [-0.4, -0.2) is 17.9 Å². The number of primary amides is 1. The number of benzene rings is 2. The van der Waals surface area contributed by atoms with E-state index >= 15 is 0 Å². The van der Waals surface area contributed by atoms with E-state index in [0.29, 0.717) is 28.7 Å². The Bertz CT molecular complexity index is 955. The van der Waals surface area contributed by atoms with Gasteiger partial charge in [-0.15, -0.1) is 0 Å². The minimum absolute atomic E-state index is 0.0139. The van der Waals surface area contributed by atoms with Gasteiger partial charge in [0.2, 0.25) is 5.91 Å². The quantitative estimate of drug-likeness (QED) is 0.779. The van der Waals surface area contributed by atoms with Gasteiger partial charge in [0.25, 0.3) is 0 Å². The summed E-state index contributed by atoms with van der Waals surface area (Å²) in [4.78, 5) is 15.7. The Morgan fingerprint density at radius 1 is 1.25 bits per heavy atom. The van der Waals surface area contributed by atoms with Crippen molar-refractivity contribution < 1.29 is 22.4 Å². The Morgan fingerprint density at radius 2 is 1.96 bits per heavy atom. The van der Waals surface area contributed by atoms with Gasteiger partial charge >= 0.3 is 6.18 Å². The number of amides is 1. The SMILES string of the molecule is Cc1cc(N2NC(Cc3cc(F)cc(C(F)(F)F)c3)=NC2C)ccc1C(N)=O. The fraction of sp³-hybridized carbons (Fsp3) is 0.263. The monoisotopic (exact) mass is 394 g/mol. The third kappa shape index (κ3) is 4.08. The summed E-state index contributed by atoms with van der Waals surface area (Å²) in [6.07, 6.45) is -4.95. The van der Waals surface area contributed by atoms with Gasteiger partial charge in [-0.3, -0.25) is 15.2 Å². The van der Waals surface area contributed by atoms with Crippen molar-refractivity contribution >= 4 is 17.4 Å². The zero-order valence-corrected chi connectivity index (χ0v) is 15.1. The van der Waals surface area contributed by atoms with Crippen LogP contribution in [0.3, 0.4) is 0 Å². The molecule has 5 nitrogen and oxygen atoms in total. The molecule has 0 aromatic heterocycles. The predicted molar refractivity (Wildman–Crippen MR) is 97.3 cm³/mol. The molecular weight excluding hydrogens is 376 g/mol. The van der Waals surface area contributed by atoms with E-state index in [1.807, 2.05) is 0 Å². The molecule has 0 aliphatic carbocycles. The fourth-order valence-electron chi connectivity index (χ4n) is 3.09. The van der Waals surface area contributed by atoms with Crippen molar-refractivity contribution in [3.8, 4) is 0 Å². The number of hydrogen-bond donors (Lipinski definition) is 2. The number of amidine groups is 1. The Kier molecular flexibility index (Phi) is 5.01. The molecular formula is C19H18F4N4O. The summed E-state index contributed by atoms with van der Waals surface area (Å²) in [6, 6.07) is 7.48. The number of anilines is 1. The highest BCUT2D eigenvalue weighted by Crippen LogP contribution is 2.31. The topological polar surface area (TPSA) is 70.7 Å². The van der Waals surface area contributed by atoms with Gasteiger partial charge in [-0.05, 0) is 61.4 Å². The van der Waals surface area contributed by atoms with Crippen LogP contribution in [0.1, 0.15) is 34.0 Å². The lowest BCUT2D eigenvalue weighted by atomic mass is 10.1. The van der Waals surface area contributed by atoms with Gasteiger partial charge in [0, 0.05) is 12.0 Å². The second-order valence-electron chi connectivity index (χ2n) is 6.58. The molecule has 1 amide bonds. The molecule has 9 heteroatoms. The second kappa shape index (κ2) is 7.14. The van der Waals surface area contributed by atoms with Crippen LogP contribution in [-0.2, 0) is 12.6 Å². The molecule has 1 heterocycles. The first-order chi connectivity index (χ1) is 13.0. The van der Waals surface area contributed by atoms with Crippen LogP contribution in [0.15, 0.2) is 41.4 Å². The third-order valence-electron chi connectivity index (χ3n) is 4.38. The number of nitrogens with one attached hydrogen (secondary N) is 1. The minimum atomic E-state index is -4.62. The molecule has 2 aromatic carbocycles. The minimum Gasteiger partial charge on any atom is -0.366 e. The number of hydrazine groups is 1. The maximum atomic E-state index is 13.6. The largest absolute Gasteiger partial charge is 0.416 e. The number of hydrogen-bond acceptors (Lipinski definition) is 4. The number of nitrogens with two attached hydrogens (primary N) is 1. The summed E-state index contributed by atoms with van der Waals surface area (Å²) in [7, 11) is 0. The van der Waals surface area contributed by atoms with Crippen LogP contribution in [0, 0.1) is 12.7 Å². The summed E-state index contributed by atoms with van der Waals surface area (Å²) in [6.45, 7) is 3.54. The summed E-state index contributed by atoms with van der Waals surface area (Å²) < 4.78 is 52.2. The smallest absolute Gasteiger partial charge is 0.366 e. The first-order valence-electron chi connectivity index (χ1n) is 8.44. The Labute approximate surface area is 158 Å². The molecule has 1 unspecified atom stereocenters. The van der Waals surface area contributed by atoms with Crippen molar-refractivity contribution in [2.75, 3.05) is 5.01 Å². The van der Waals surface area contributed by atoms with Gasteiger partial charge < -0.3 is 5.73 Å². The molecule has 0 fully saturated rings. The second-order valence-corrected chi connectivity index (χ2v) is 6.58. The van der Waals surface area contributed by atoms with Crippen molar-refractivity contribution in [3.05, 3.63) is 64.5 Å². The molecule has 0 spiro atoms. The lowest BCUT2D eigenvalue weighted by Gasteiger charge is -2.24. The van der Waals surface area contributed by atoms with Crippen molar-refractivity contribution in [2.24, 2.45) is 10.7 Å². The van der Waals surface area contributed by atoms with Gasteiger partial charge in [-0.25, -0.2) is 9.38 Å². The molecule has 3 N–H and O–H groups in total. The molecule has 0 bridgehead atoms. The highest BCUT2D eigenvalue weighted by atomic mass is 19.4. The van der Waals surface area contributed by atoms with Gasteiger partial charge in [0.15, 0.2) is 0 Å². The Balaban J connectivity index is 1.79. The molecule has 2 aromatic rings. The summed E-state index contributed by atoms with van der Waals surface area (Å²) in [5, 5.41) is 1.71. The van der Waals surface area contributed by atoms with Gasteiger partial charge in [-0.1, -0.05) is 0 Å². The number of alkyl halides is 3. The van der Waals surface area contributed by atoms with Gasteiger partial charge in [0.05, 0.1) is 11.3 Å². The molecule has 0 saturated carbocycles. The number of halogens is 4. The van der Waals surface area contributed by atoms with Crippen LogP contribution in [0.5, 0.6) is 0 Å². The van der Waals surface area contributed by atoms with Crippen molar-refractivity contribution in [1.82, 2.24) is 5.43 Å². The summed E-state index contributed by atoms with van der Waals surface area (Å²) >= 11 is 0. The fourth-order valence-corrected chi connectivity index (χ4v) is 3.09. The van der Waals surface area contributed by atoms with E-state index in [4.69, 9.17) is 5.73 Å². The van der Waals surface area contributed by atoms with Crippen LogP contribution >= 0.6 is 0 Å². The van der Waals surface area contributed by atoms with E-state index in [1.165, 1.54) is 0 Å². The van der Waals surface area contributed by atoms with Gasteiger partial charge in [-0.2, -0.15) is 13.2 Å². The first kappa shape index (κ1) is 19.7. The maximum absolute atomic E-state index is 13.6. The lowest BCUT2D eigenvalue weighted by Crippen LogP contribution is -2.40. The van der Waals surface area contributed by atoms with E-state index in [9.17, 15) is 22.4 Å². The van der Waals surface area contributed by atoms with E-state index in [0.717, 1.165) is 12.1 Å². The number of aliphatic imine (C=N–C) groups is 1. The molecule has 1 aliphatic rings. The lowest BCUT2D eigenvalue weighted by molar-refractivity contribution is -0.137. The maximum Gasteiger partial charge on any atom is 0.416 e.